The standard InChI is InChI=1S/C15H19N/c1-2-3-10-15(11-6-4-7-12-15)14-9-5-8-13-16-14/h4-9,11,13H,2-3,10,12H2,1H3. The second kappa shape index (κ2) is 5.11. The molecule has 1 aromatic heterocycles. The maximum atomic E-state index is 4.54. The van der Waals surface area contributed by atoms with Gasteiger partial charge in [-0.2, -0.15) is 0 Å². The molecule has 0 aromatic carbocycles. The van der Waals surface area contributed by atoms with Crippen LogP contribution in [0.1, 0.15) is 38.3 Å². The summed E-state index contributed by atoms with van der Waals surface area (Å²) in [4.78, 5) is 4.54. The molecule has 16 heavy (non-hydrogen) atoms. The highest BCUT2D eigenvalue weighted by molar-refractivity contribution is 5.31. The zero-order valence-electron chi connectivity index (χ0n) is 9.89. The highest BCUT2D eigenvalue weighted by Gasteiger charge is 2.29. The Morgan fingerprint density at radius 2 is 2.25 bits per heavy atom. The Labute approximate surface area is 97.9 Å². The van der Waals surface area contributed by atoms with E-state index in [0.29, 0.717) is 0 Å². The molecule has 1 aromatic rings. The van der Waals surface area contributed by atoms with E-state index >= 15 is 0 Å². The summed E-state index contributed by atoms with van der Waals surface area (Å²) in [6.45, 7) is 2.24. The molecule has 0 saturated carbocycles. The molecule has 0 N–H and O–H groups in total. The molecule has 84 valence electrons. The van der Waals surface area contributed by atoms with E-state index in [0.717, 1.165) is 6.42 Å². The lowest BCUT2D eigenvalue weighted by molar-refractivity contribution is 0.457. The first-order chi connectivity index (χ1) is 7.87. The summed E-state index contributed by atoms with van der Waals surface area (Å²) in [6.07, 6.45) is 15.5. The first kappa shape index (κ1) is 11.1. The normalized spacial score (nSPS) is 23.6. The van der Waals surface area contributed by atoms with Crippen LogP contribution in [0.5, 0.6) is 0 Å². The zero-order valence-corrected chi connectivity index (χ0v) is 9.89. The number of allylic oxidation sites excluding steroid dienone is 4. The van der Waals surface area contributed by atoms with Gasteiger partial charge in [-0.25, -0.2) is 0 Å². The molecule has 2 rings (SSSR count). The third-order valence-electron chi connectivity index (χ3n) is 3.30. The van der Waals surface area contributed by atoms with Crippen LogP contribution in [0.4, 0.5) is 0 Å². The van der Waals surface area contributed by atoms with E-state index in [-0.39, 0.29) is 5.41 Å². The third-order valence-corrected chi connectivity index (χ3v) is 3.30. The van der Waals surface area contributed by atoms with Crippen molar-refractivity contribution in [3.63, 3.8) is 0 Å². The first-order valence-electron chi connectivity index (χ1n) is 6.13. The lowest BCUT2D eigenvalue weighted by atomic mass is 9.74. The summed E-state index contributed by atoms with van der Waals surface area (Å²) in [5.41, 5.74) is 1.36. The van der Waals surface area contributed by atoms with Gasteiger partial charge in [0, 0.05) is 11.6 Å². The molecule has 1 heteroatoms. The van der Waals surface area contributed by atoms with Gasteiger partial charge in [0.05, 0.1) is 5.69 Å². The minimum atomic E-state index is 0.145. The van der Waals surface area contributed by atoms with Gasteiger partial charge in [0.1, 0.15) is 0 Å². The molecule has 0 saturated heterocycles. The Morgan fingerprint density at radius 1 is 1.31 bits per heavy atom. The van der Waals surface area contributed by atoms with Gasteiger partial charge in [0.25, 0.3) is 0 Å². The van der Waals surface area contributed by atoms with E-state index in [1.54, 1.807) is 0 Å². The topological polar surface area (TPSA) is 12.9 Å². The molecule has 1 unspecified atom stereocenters. The Hall–Kier alpha value is -1.37. The predicted octanol–water partition coefficient (Wildman–Crippen LogP) is 4.03. The summed E-state index contributed by atoms with van der Waals surface area (Å²) in [6, 6.07) is 6.22. The minimum absolute atomic E-state index is 0.145. The quantitative estimate of drug-likeness (QED) is 0.736. The van der Waals surface area contributed by atoms with Crippen molar-refractivity contribution in [3.8, 4) is 0 Å². The Morgan fingerprint density at radius 3 is 2.88 bits per heavy atom. The molecule has 1 aliphatic carbocycles. The van der Waals surface area contributed by atoms with E-state index in [4.69, 9.17) is 0 Å². The van der Waals surface area contributed by atoms with Crippen LogP contribution in [0.3, 0.4) is 0 Å². The second-order valence-electron chi connectivity index (χ2n) is 4.47. The van der Waals surface area contributed by atoms with Gasteiger partial charge >= 0.3 is 0 Å². The summed E-state index contributed by atoms with van der Waals surface area (Å²) in [5, 5.41) is 0. The number of nitrogens with zero attached hydrogens (tertiary/aromatic N) is 1. The number of hydrogen-bond acceptors (Lipinski definition) is 1. The average Bonchev–Trinajstić information content (AvgIpc) is 2.38. The van der Waals surface area contributed by atoms with E-state index < -0.39 is 0 Å². The molecule has 0 aliphatic heterocycles. The molecule has 0 amide bonds. The van der Waals surface area contributed by atoms with E-state index in [9.17, 15) is 0 Å². The number of pyridine rings is 1. The summed E-state index contributed by atoms with van der Waals surface area (Å²) in [7, 11) is 0. The summed E-state index contributed by atoms with van der Waals surface area (Å²) < 4.78 is 0. The molecule has 0 spiro atoms. The van der Waals surface area contributed by atoms with Gasteiger partial charge in [0.15, 0.2) is 0 Å². The van der Waals surface area contributed by atoms with Crippen molar-refractivity contribution >= 4 is 0 Å². The lowest BCUT2D eigenvalue weighted by Crippen LogP contribution is -2.25. The van der Waals surface area contributed by atoms with Crippen LogP contribution in [-0.2, 0) is 5.41 Å². The van der Waals surface area contributed by atoms with Gasteiger partial charge in [-0.3, -0.25) is 4.98 Å². The number of hydrogen-bond donors (Lipinski definition) is 0. The largest absolute Gasteiger partial charge is 0.260 e. The fourth-order valence-electron chi connectivity index (χ4n) is 2.32. The van der Waals surface area contributed by atoms with Gasteiger partial charge in [-0.1, -0.05) is 50.1 Å². The fraction of sp³-hybridized carbons (Fsp3) is 0.400. The molecule has 0 bridgehead atoms. The van der Waals surface area contributed by atoms with Crippen molar-refractivity contribution in [1.82, 2.24) is 4.98 Å². The molecule has 1 nitrogen and oxygen atoms in total. The van der Waals surface area contributed by atoms with Crippen molar-refractivity contribution < 1.29 is 0 Å². The monoisotopic (exact) mass is 213 g/mol. The van der Waals surface area contributed by atoms with Crippen LogP contribution < -0.4 is 0 Å². The maximum Gasteiger partial charge on any atom is 0.0506 e. The number of unbranched alkanes of at least 4 members (excludes halogenated alkanes) is 1. The third kappa shape index (κ3) is 2.24. The molecule has 1 atom stereocenters. The van der Waals surface area contributed by atoms with Crippen molar-refractivity contribution in [1.29, 1.82) is 0 Å². The predicted molar refractivity (Wildman–Crippen MR) is 68.3 cm³/mol. The van der Waals surface area contributed by atoms with E-state index in [2.05, 4.69) is 48.3 Å². The highest BCUT2D eigenvalue weighted by atomic mass is 14.7. The van der Waals surface area contributed by atoms with Crippen LogP contribution in [0.15, 0.2) is 48.7 Å². The van der Waals surface area contributed by atoms with E-state index in [1.165, 1.54) is 25.0 Å². The second-order valence-corrected chi connectivity index (χ2v) is 4.47. The van der Waals surface area contributed by atoms with Crippen LogP contribution in [0, 0.1) is 0 Å². The molecule has 0 fully saturated rings. The molecular weight excluding hydrogens is 194 g/mol. The van der Waals surface area contributed by atoms with Gasteiger partial charge in [0.2, 0.25) is 0 Å². The Kier molecular flexibility index (Phi) is 3.55. The van der Waals surface area contributed by atoms with Crippen molar-refractivity contribution in [2.45, 2.75) is 38.0 Å². The van der Waals surface area contributed by atoms with Crippen LogP contribution in [0.2, 0.25) is 0 Å². The Balaban J connectivity index is 2.28. The summed E-state index contributed by atoms with van der Waals surface area (Å²) >= 11 is 0. The van der Waals surface area contributed by atoms with Crippen molar-refractivity contribution in [3.05, 3.63) is 54.4 Å². The first-order valence-corrected chi connectivity index (χ1v) is 6.13. The van der Waals surface area contributed by atoms with Gasteiger partial charge in [-0.05, 0) is 25.0 Å². The van der Waals surface area contributed by atoms with Crippen LogP contribution in [-0.4, -0.2) is 4.98 Å². The maximum absolute atomic E-state index is 4.54. The number of aromatic nitrogens is 1. The summed E-state index contributed by atoms with van der Waals surface area (Å²) in [5.74, 6) is 0. The SMILES string of the molecule is CCCCC1(c2ccccn2)C=CC=CC1. The van der Waals surface area contributed by atoms with Crippen molar-refractivity contribution in [2.75, 3.05) is 0 Å². The Bertz CT molecular complexity index is 378. The minimum Gasteiger partial charge on any atom is -0.260 e. The molecule has 0 radical (unpaired) electrons. The smallest absolute Gasteiger partial charge is 0.0506 e. The molecule has 1 aliphatic rings. The average molecular weight is 213 g/mol. The van der Waals surface area contributed by atoms with Crippen LogP contribution in [0.25, 0.3) is 0 Å². The van der Waals surface area contributed by atoms with Gasteiger partial charge < -0.3 is 0 Å². The van der Waals surface area contributed by atoms with E-state index in [1.807, 2.05) is 12.3 Å². The fourth-order valence-corrected chi connectivity index (χ4v) is 2.32. The lowest BCUT2D eigenvalue weighted by Gasteiger charge is -2.30. The molecule has 1 heterocycles. The highest BCUT2D eigenvalue weighted by Crippen LogP contribution is 2.36. The van der Waals surface area contributed by atoms with Crippen molar-refractivity contribution in [2.24, 2.45) is 0 Å². The van der Waals surface area contributed by atoms with Gasteiger partial charge in [-0.15, -0.1) is 0 Å². The zero-order chi connectivity index (χ0) is 11.3. The molecular formula is C15H19N. The number of rotatable bonds is 4. The van der Waals surface area contributed by atoms with Crippen LogP contribution >= 0.6 is 0 Å².